The molecule has 0 bridgehead atoms. The van der Waals surface area contributed by atoms with Gasteiger partial charge in [0.15, 0.2) is 0 Å². The predicted molar refractivity (Wildman–Crippen MR) is 101 cm³/mol. The minimum Gasteiger partial charge on any atom is -0.481 e. The molecule has 1 amide bonds. The number of benzene rings is 1. The fourth-order valence-corrected chi connectivity index (χ4v) is 3.53. The summed E-state index contributed by atoms with van der Waals surface area (Å²) in [6, 6.07) is 5.29. The number of nitrogens with zero attached hydrogens (tertiary/aromatic N) is 1. The number of carboxylic acids is 2. The SMILES string of the molecule is C[C@H](N[C@@H](CCc1ccc(Cl)cc1)C(=O)O)C(=O)N1CCC[C@H]1CC(=O)O. The van der Waals surface area contributed by atoms with Crippen LogP contribution >= 0.6 is 11.6 Å². The molecule has 1 aromatic carbocycles. The normalized spacial score (nSPS) is 18.9. The second-order valence-electron chi connectivity index (χ2n) is 6.87. The van der Waals surface area contributed by atoms with Crippen LogP contribution in [-0.4, -0.2) is 57.6 Å². The molecule has 1 saturated heterocycles. The quantitative estimate of drug-likeness (QED) is 0.590. The van der Waals surface area contributed by atoms with Crippen molar-refractivity contribution in [1.82, 2.24) is 10.2 Å². The highest BCUT2D eigenvalue weighted by Gasteiger charge is 2.34. The third kappa shape index (κ3) is 6.22. The number of rotatable bonds is 9. The lowest BCUT2D eigenvalue weighted by molar-refractivity contribution is -0.141. The Hall–Kier alpha value is -2.12. The third-order valence-electron chi connectivity index (χ3n) is 4.83. The first-order valence-corrected chi connectivity index (χ1v) is 9.41. The number of nitrogens with one attached hydrogen (secondary N) is 1. The molecule has 0 aromatic heterocycles. The molecule has 1 fully saturated rings. The Morgan fingerprint density at radius 3 is 2.52 bits per heavy atom. The van der Waals surface area contributed by atoms with Gasteiger partial charge in [-0.1, -0.05) is 23.7 Å². The molecular formula is C19H25ClN2O5. The van der Waals surface area contributed by atoms with Gasteiger partial charge < -0.3 is 15.1 Å². The van der Waals surface area contributed by atoms with Gasteiger partial charge in [-0.2, -0.15) is 0 Å². The number of aliphatic carboxylic acids is 2. The molecule has 0 aliphatic carbocycles. The van der Waals surface area contributed by atoms with E-state index in [1.165, 1.54) is 0 Å². The number of carbonyl (C=O) groups is 3. The van der Waals surface area contributed by atoms with E-state index in [-0.39, 0.29) is 18.4 Å². The van der Waals surface area contributed by atoms with Gasteiger partial charge in [-0.3, -0.25) is 19.7 Å². The highest BCUT2D eigenvalue weighted by atomic mass is 35.5. The molecular weight excluding hydrogens is 372 g/mol. The fraction of sp³-hybridized carbons (Fsp3) is 0.526. The number of hydrogen-bond acceptors (Lipinski definition) is 4. The summed E-state index contributed by atoms with van der Waals surface area (Å²) in [5, 5.41) is 22.0. The van der Waals surface area contributed by atoms with Gasteiger partial charge in [0.2, 0.25) is 5.91 Å². The Labute approximate surface area is 163 Å². The maximum absolute atomic E-state index is 12.7. The van der Waals surface area contributed by atoms with E-state index in [9.17, 15) is 19.5 Å². The standard InChI is InChI=1S/C19H25ClN2O5/c1-12(18(25)22-10-2-3-15(22)11-17(23)24)21-16(19(26)27)9-6-13-4-7-14(20)8-5-13/h4-5,7-8,12,15-16,21H,2-3,6,9-11H2,1H3,(H,23,24)(H,26,27)/t12-,15-,16-/m0/s1. The number of likely N-dealkylation sites (tertiary alicyclic amines) is 1. The number of halogens is 1. The monoisotopic (exact) mass is 396 g/mol. The van der Waals surface area contributed by atoms with E-state index >= 15 is 0 Å². The molecule has 0 radical (unpaired) electrons. The lowest BCUT2D eigenvalue weighted by atomic mass is 10.0. The summed E-state index contributed by atoms with van der Waals surface area (Å²) < 4.78 is 0. The number of hydrogen-bond donors (Lipinski definition) is 3. The van der Waals surface area contributed by atoms with Crippen LogP contribution in [-0.2, 0) is 20.8 Å². The zero-order valence-corrected chi connectivity index (χ0v) is 16.0. The minimum absolute atomic E-state index is 0.0859. The number of amides is 1. The Morgan fingerprint density at radius 1 is 1.26 bits per heavy atom. The van der Waals surface area contributed by atoms with Crippen LogP contribution in [0.1, 0.15) is 38.2 Å². The molecule has 0 spiro atoms. The van der Waals surface area contributed by atoms with Crippen LogP contribution < -0.4 is 5.32 Å². The lowest BCUT2D eigenvalue weighted by Gasteiger charge is -2.28. The highest BCUT2D eigenvalue weighted by molar-refractivity contribution is 6.30. The van der Waals surface area contributed by atoms with E-state index < -0.39 is 24.0 Å². The van der Waals surface area contributed by atoms with E-state index in [4.69, 9.17) is 16.7 Å². The van der Waals surface area contributed by atoms with Crippen molar-refractivity contribution in [3.05, 3.63) is 34.9 Å². The Balaban J connectivity index is 1.94. The summed E-state index contributed by atoms with van der Waals surface area (Å²) in [4.78, 5) is 36.8. The second kappa shape index (κ2) is 9.71. The summed E-state index contributed by atoms with van der Waals surface area (Å²) >= 11 is 5.85. The van der Waals surface area contributed by atoms with Gasteiger partial charge in [-0.05, 0) is 50.3 Å². The molecule has 2 rings (SSSR count). The fourth-order valence-electron chi connectivity index (χ4n) is 3.40. The van der Waals surface area contributed by atoms with Crippen LogP contribution in [0.15, 0.2) is 24.3 Å². The molecule has 3 atom stereocenters. The third-order valence-corrected chi connectivity index (χ3v) is 5.08. The van der Waals surface area contributed by atoms with Crippen molar-refractivity contribution >= 4 is 29.4 Å². The van der Waals surface area contributed by atoms with Crippen molar-refractivity contribution in [2.24, 2.45) is 0 Å². The Kier molecular flexibility index (Phi) is 7.62. The van der Waals surface area contributed by atoms with Crippen LogP contribution in [0, 0.1) is 0 Å². The average molecular weight is 397 g/mol. The van der Waals surface area contributed by atoms with E-state index in [1.54, 1.807) is 24.0 Å². The zero-order valence-electron chi connectivity index (χ0n) is 15.2. The molecule has 8 heteroatoms. The second-order valence-corrected chi connectivity index (χ2v) is 7.31. The summed E-state index contributed by atoms with van der Waals surface area (Å²) in [7, 11) is 0. The van der Waals surface area contributed by atoms with Gasteiger partial charge in [-0.25, -0.2) is 0 Å². The van der Waals surface area contributed by atoms with Crippen molar-refractivity contribution in [2.45, 2.75) is 57.2 Å². The van der Waals surface area contributed by atoms with E-state index in [2.05, 4.69) is 5.32 Å². The van der Waals surface area contributed by atoms with Crippen molar-refractivity contribution in [2.75, 3.05) is 6.54 Å². The first kappa shape index (κ1) is 21.2. The maximum Gasteiger partial charge on any atom is 0.320 e. The van der Waals surface area contributed by atoms with Crippen LogP contribution in [0.5, 0.6) is 0 Å². The molecule has 1 aromatic rings. The first-order chi connectivity index (χ1) is 12.8. The van der Waals surface area contributed by atoms with Gasteiger partial charge in [0, 0.05) is 17.6 Å². The molecule has 1 heterocycles. The summed E-state index contributed by atoms with van der Waals surface area (Å²) in [5.41, 5.74) is 0.965. The van der Waals surface area contributed by atoms with Gasteiger partial charge in [0.05, 0.1) is 12.5 Å². The van der Waals surface area contributed by atoms with E-state index in [0.717, 1.165) is 12.0 Å². The Morgan fingerprint density at radius 2 is 1.93 bits per heavy atom. The van der Waals surface area contributed by atoms with Gasteiger partial charge in [0.1, 0.15) is 6.04 Å². The first-order valence-electron chi connectivity index (χ1n) is 9.03. The van der Waals surface area contributed by atoms with E-state index in [1.807, 2.05) is 12.1 Å². The van der Waals surface area contributed by atoms with Crippen molar-refractivity contribution < 1.29 is 24.6 Å². The van der Waals surface area contributed by atoms with Crippen LogP contribution in [0.3, 0.4) is 0 Å². The van der Waals surface area contributed by atoms with Gasteiger partial charge in [-0.15, -0.1) is 0 Å². The topological polar surface area (TPSA) is 107 Å². The number of carboxylic acid groups (broad SMARTS) is 2. The molecule has 0 unspecified atom stereocenters. The smallest absolute Gasteiger partial charge is 0.320 e. The molecule has 1 aliphatic heterocycles. The number of carbonyl (C=O) groups excluding carboxylic acids is 1. The van der Waals surface area contributed by atoms with Gasteiger partial charge in [0.25, 0.3) is 0 Å². The molecule has 7 nitrogen and oxygen atoms in total. The number of aryl methyl sites for hydroxylation is 1. The molecule has 3 N–H and O–H groups in total. The summed E-state index contributed by atoms with van der Waals surface area (Å²) in [6.45, 7) is 2.13. The van der Waals surface area contributed by atoms with Crippen molar-refractivity contribution in [1.29, 1.82) is 0 Å². The largest absolute Gasteiger partial charge is 0.481 e. The predicted octanol–water partition coefficient (Wildman–Crippen LogP) is 2.17. The average Bonchev–Trinajstić information content (AvgIpc) is 3.06. The zero-order chi connectivity index (χ0) is 20.0. The van der Waals surface area contributed by atoms with Crippen LogP contribution in [0.2, 0.25) is 5.02 Å². The highest BCUT2D eigenvalue weighted by Crippen LogP contribution is 2.21. The van der Waals surface area contributed by atoms with Gasteiger partial charge >= 0.3 is 11.9 Å². The Bertz CT molecular complexity index is 679. The van der Waals surface area contributed by atoms with Crippen molar-refractivity contribution in [3.63, 3.8) is 0 Å². The van der Waals surface area contributed by atoms with Crippen molar-refractivity contribution in [3.8, 4) is 0 Å². The maximum atomic E-state index is 12.7. The molecule has 27 heavy (non-hydrogen) atoms. The van der Waals surface area contributed by atoms with E-state index in [0.29, 0.717) is 30.8 Å². The summed E-state index contributed by atoms with van der Waals surface area (Å²) in [5.74, 6) is -2.21. The minimum atomic E-state index is -1.02. The molecule has 1 aliphatic rings. The van der Waals surface area contributed by atoms with Crippen LogP contribution in [0.4, 0.5) is 0 Å². The summed E-state index contributed by atoms with van der Waals surface area (Å²) in [6.07, 6.45) is 2.19. The van der Waals surface area contributed by atoms with Crippen LogP contribution in [0.25, 0.3) is 0 Å². The molecule has 148 valence electrons. The lowest BCUT2D eigenvalue weighted by Crippen LogP contribution is -2.52. The molecule has 0 saturated carbocycles.